The van der Waals surface area contributed by atoms with E-state index in [1.807, 2.05) is 26.1 Å². The summed E-state index contributed by atoms with van der Waals surface area (Å²) in [5, 5.41) is 1.26. The van der Waals surface area contributed by atoms with Crippen LogP contribution in [0.15, 0.2) is 60.8 Å². The molecule has 0 atom stereocenters. The standard InChI is InChI=1S/C14H11N.C2H6/c1-2-4-11(5-3-1)13-7-6-12-8-9-15-14(12)10-13;1-2/h1-10,15H;1-2H3. The van der Waals surface area contributed by atoms with Crippen LogP contribution in [0, 0.1) is 0 Å². The Morgan fingerprint density at radius 3 is 2.29 bits per heavy atom. The largest absolute Gasteiger partial charge is 0.361 e. The highest BCUT2D eigenvalue weighted by Gasteiger charge is 1.98. The lowest BCUT2D eigenvalue weighted by Crippen LogP contribution is -1.76. The zero-order valence-electron chi connectivity index (χ0n) is 10.3. The Morgan fingerprint density at radius 2 is 1.53 bits per heavy atom. The first-order valence-corrected chi connectivity index (χ1v) is 6.06. The number of benzene rings is 2. The molecule has 0 saturated carbocycles. The van der Waals surface area contributed by atoms with Gasteiger partial charge in [0.1, 0.15) is 0 Å². The summed E-state index contributed by atoms with van der Waals surface area (Å²) in [5.41, 5.74) is 3.70. The van der Waals surface area contributed by atoms with Crippen molar-refractivity contribution in [3.05, 3.63) is 60.8 Å². The van der Waals surface area contributed by atoms with Crippen molar-refractivity contribution in [3.63, 3.8) is 0 Å². The molecular weight excluding hydrogens is 206 g/mol. The molecule has 17 heavy (non-hydrogen) atoms. The second-order valence-corrected chi connectivity index (χ2v) is 3.65. The minimum atomic E-state index is 1.19. The molecule has 2 aromatic carbocycles. The monoisotopic (exact) mass is 223 g/mol. The third-order valence-electron chi connectivity index (χ3n) is 2.66. The van der Waals surface area contributed by atoms with Crippen molar-refractivity contribution in [1.29, 1.82) is 0 Å². The van der Waals surface area contributed by atoms with Gasteiger partial charge in [0.2, 0.25) is 0 Å². The molecular formula is C16H17N. The van der Waals surface area contributed by atoms with Crippen molar-refractivity contribution in [2.24, 2.45) is 0 Å². The molecule has 1 nitrogen and oxygen atoms in total. The van der Waals surface area contributed by atoms with Gasteiger partial charge in [0.15, 0.2) is 0 Å². The Balaban J connectivity index is 0.000000514. The average Bonchev–Trinajstić information content (AvgIpc) is 2.89. The normalized spacial score (nSPS) is 9.76. The molecule has 0 spiro atoms. The van der Waals surface area contributed by atoms with E-state index in [4.69, 9.17) is 0 Å². The predicted octanol–water partition coefficient (Wildman–Crippen LogP) is 4.86. The molecule has 3 aromatic rings. The SMILES string of the molecule is CC.c1ccc(-c2ccc3cc[nH]c3c2)cc1. The number of rotatable bonds is 1. The van der Waals surface area contributed by atoms with Gasteiger partial charge < -0.3 is 4.98 Å². The minimum Gasteiger partial charge on any atom is -0.361 e. The maximum atomic E-state index is 3.23. The summed E-state index contributed by atoms with van der Waals surface area (Å²) in [7, 11) is 0. The molecule has 0 aliphatic rings. The smallest absolute Gasteiger partial charge is 0.0460 e. The molecule has 1 heterocycles. The summed E-state index contributed by atoms with van der Waals surface area (Å²) < 4.78 is 0. The molecule has 0 radical (unpaired) electrons. The van der Waals surface area contributed by atoms with Gasteiger partial charge in [0.25, 0.3) is 0 Å². The van der Waals surface area contributed by atoms with E-state index in [1.54, 1.807) is 0 Å². The molecule has 0 aliphatic heterocycles. The van der Waals surface area contributed by atoms with Crippen LogP contribution >= 0.6 is 0 Å². The molecule has 1 heteroatoms. The summed E-state index contributed by atoms with van der Waals surface area (Å²) in [5.74, 6) is 0. The van der Waals surface area contributed by atoms with Crippen LogP contribution in [0.5, 0.6) is 0 Å². The number of hydrogen-bond acceptors (Lipinski definition) is 0. The van der Waals surface area contributed by atoms with Gasteiger partial charge in [-0.05, 0) is 28.6 Å². The highest BCUT2D eigenvalue weighted by Crippen LogP contribution is 2.23. The summed E-state index contributed by atoms with van der Waals surface area (Å²) in [4.78, 5) is 3.23. The molecule has 0 fully saturated rings. The summed E-state index contributed by atoms with van der Waals surface area (Å²) in [6.45, 7) is 4.00. The van der Waals surface area contributed by atoms with Crippen LogP contribution in [-0.4, -0.2) is 4.98 Å². The Bertz CT molecular complexity index is 579. The number of nitrogens with one attached hydrogen (secondary N) is 1. The van der Waals surface area contributed by atoms with E-state index in [0.717, 1.165) is 0 Å². The van der Waals surface area contributed by atoms with Gasteiger partial charge in [-0.15, -0.1) is 0 Å². The van der Waals surface area contributed by atoms with Gasteiger partial charge in [0, 0.05) is 11.7 Å². The van der Waals surface area contributed by atoms with Gasteiger partial charge in [-0.1, -0.05) is 56.3 Å². The zero-order chi connectivity index (χ0) is 12.1. The van der Waals surface area contributed by atoms with E-state index in [1.165, 1.54) is 22.0 Å². The first-order valence-electron chi connectivity index (χ1n) is 6.06. The Morgan fingerprint density at radius 1 is 0.765 bits per heavy atom. The van der Waals surface area contributed by atoms with Crippen molar-refractivity contribution < 1.29 is 0 Å². The van der Waals surface area contributed by atoms with E-state index in [2.05, 4.69) is 53.5 Å². The van der Waals surface area contributed by atoms with Crippen LogP contribution in [-0.2, 0) is 0 Å². The molecule has 1 aromatic heterocycles. The molecule has 0 saturated heterocycles. The van der Waals surface area contributed by atoms with Gasteiger partial charge in [0.05, 0.1) is 0 Å². The Kier molecular flexibility index (Phi) is 3.61. The maximum absolute atomic E-state index is 3.23. The third-order valence-corrected chi connectivity index (χ3v) is 2.66. The second-order valence-electron chi connectivity index (χ2n) is 3.65. The molecule has 3 rings (SSSR count). The van der Waals surface area contributed by atoms with E-state index in [-0.39, 0.29) is 0 Å². The first kappa shape index (κ1) is 11.5. The van der Waals surface area contributed by atoms with Crippen LogP contribution in [0.2, 0.25) is 0 Å². The van der Waals surface area contributed by atoms with Gasteiger partial charge >= 0.3 is 0 Å². The fourth-order valence-electron chi connectivity index (χ4n) is 1.86. The van der Waals surface area contributed by atoms with E-state index in [0.29, 0.717) is 0 Å². The fourth-order valence-corrected chi connectivity index (χ4v) is 1.86. The van der Waals surface area contributed by atoms with Crippen molar-refractivity contribution in [2.75, 3.05) is 0 Å². The lowest BCUT2D eigenvalue weighted by atomic mass is 10.0. The first-order chi connectivity index (χ1) is 8.43. The highest BCUT2D eigenvalue weighted by atomic mass is 14.7. The van der Waals surface area contributed by atoms with E-state index in [9.17, 15) is 0 Å². The predicted molar refractivity (Wildman–Crippen MR) is 75.1 cm³/mol. The van der Waals surface area contributed by atoms with E-state index >= 15 is 0 Å². The van der Waals surface area contributed by atoms with Crippen LogP contribution in [0.25, 0.3) is 22.0 Å². The van der Waals surface area contributed by atoms with E-state index < -0.39 is 0 Å². The number of fused-ring (bicyclic) bond motifs is 1. The van der Waals surface area contributed by atoms with Crippen molar-refractivity contribution >= 4 is 10.9 Å². The molecule has 0 bridgehead atoms. The topological polar surface area (TPSA) is 15.8 Å². The summed E-state index contributed by atoms with van der Waals surface area (Å²) in [6.07, 6.45) is 1.97. The number of H-pyrrole nitrogens is 1. The molecule has 0 unspecified atom stereocenters. The highest BCUT2D eigenvalue weighted by molar-refractivity contribution is 5.84. The van der Waals surface area contributed by atoms with Crippen molar-refractivity contribution in [1.82, 2.24) is 4.98 Å². The van der Waals surface area contributed by atoms with Gasteiger partial charge in [-0.2, -0.15) is 0 Å². The molecule has 0 amide bonds. The van der Waals surface area contributed by atoms with Crippen LogP contribution in [0.3, 0.4) is 0 Å². The Labute approximate surface area is 102 Å². The lowest BCUT2D eigenvalue weighted by molar-refractivity contribution is 1.48. The van der Waals surface area contributed by atoms with Crippen LogP contribution < -0.4 is 0 Å². The third kappa shape index (κ3) is 2.39. The summed E-state index contributed by atoms with van der Waals surface area (Å²) in [6, 6.07) is 19.0. The summed E-state index contributed by atoms with van der Waals surface area (Å²) >= 11 is 0. The molecule has 0 aliphatic carbocycles. The molecule has 86 valence electrons. The van der Waals surface area contributed by atoms with Crippen molar-refractivity contribution in [3.8, 4) is 11.1 Å². The lowest BCUT2D eigenvalue weighted by Gasteiger charge is -2.01. The number of aromatic amines is 1. The Hall–Kier alpha value is -2.02. The fraction of sp³-hybridized carbons (Fsp3) is 0.125. The van der Waals surface area contributed by atoms with Crippen molar-refractivity contribution in [2.45, 2.75) is 13.8 Å². The van der Waals surface area contributed by atoms with Gasteiger partial charge in [-0.25, -0.2) is 0 Å². The average molecular weight is 223 g/mol. The maximum Gasteiger partial charge on any atom is 0.0460 e. The van der Waals surface area contributed by atoms with Gasteiger partial charge in [-0.3, -0.25) is 0 Å². The quantitative estimate of drug-likeness (QED) is 0.606. The van der Waals surface area contributed by atoms with Crippen LogP contribution in [0.1, 0.15) is 13.8 Å². The minimum absolute atomic E-state index is 1.19. The van der Waals surface area contributed by atoms with Crippen LogP contribution in [0.4, 0.5) is 0 Å². The number of aromatic nitrogens is 1. The molecule has 1 N–H and O–H groups in total. The number of hydrogen-bond donors (Lipinski definition) is 1. The zero-order valence-corrected chi connectivity index (χ0v) is 10.3. The second kappa shape index (κ2) is 5.35.